The average molecular weight is 714 g/mol. The van der Waals surface area contributed by atoms with Crippen molar-refractivity contribution < 1.29 is 37.3 Å². The largest absolute Gasteiger partial charge is 0.489 e. The van der Waals surface area contributed by atoms with Crippen LogP contribution < -0.4 is 34.9 Å². The zero-order chi connectivity index (χ0) is 36.3. The molecule has 4 aliphatic rings. The third-order valence-electron chi connectivity index (χ3n) is 10.3. The number of hydrogen-bond acceptors (Lipinski definition) is 9. The van der Waals surface area contributed by atoms with Crippen molar-refractivity contribution in [3.63, 3.8) is 0 Å². The van der Waals surface area contributed by atoms with E-state index in [1.54, 1.807) is 12.1 Å². The SMILES string of the molecule is C#C/C(F)=C(\C=C/CNC(=O)C1(C(=O)Nc2ccc(F)cc2)CC1)Oc1ccnc2cc(OCCCN3CCC4(C)NCC4C3)c3c(c12)OCCO3. The Labute approximate surface area is 300 Å². The zero-order valence-corrected chi connectivity index (χ0v) is 28.9. The van der Waals surface area contributed by atoms with Crippen LogP contribution in [-0.4, -0.2) is 79.8 Å². The monoisotopic (exact) mass is 713 g/mol. The number of carbonyl (C=O) groups excluding carboxylic acids is 2. The van der Waals surface area contributed by atoms with Gasteiger partial charge in [-0.2, -0.15) is 4.39 Å². The van der Waals surface area contributed by atoms with Gasteiger partial charge in [-0.25, -0.2) is 4.39 Å². The van der Waals surface area contributed by atoms with Gasteiger partial charge in [-0.05, 0) is 81.5 Å². The Morgan fingerprint density at radius 2 is 1.92 bits per heavy atom. The number of fused-ring (bicyclic) bond motifs is 4. The van der Waals surface area contributed by atoms with Gasteiger partial charge in [0.05, 0.1) is 17.5 Å². The second-order valence-corrected chi connectivity index (χ2v) is 13.8. The lowest BCUT2D eigenvalue weighted by atomic mass is 9.73. The summed E-state index contributed by atoms with van der Waals surface area (Å²) in [5, 5.41) is 9.39. The summed E-state index contributed by atoms with van der Waals surface area (Å²) in [7, 11) is 0. The summed E-state index contributed by atoms with van der Waals surface area (Å²) in [5.74, 6) is 1.54. The van der Waals surface area contributed by atoms with Crippen molar-refractivity contribution in [2.24, 2.45) is 11.3 Å². The third-order valence-corrected chi connectivity index (χ3v) is 10.3. The maximum Gasteiger partial charge on any atom is 0.240 e. The van der Waals surface area contributed by atoms with Crippen LogP contribution in [-0.2, 0) is 9.59 Å². The highest BCUT2D eigenvalue weighted by atomic mass is 19.1. The average Bonchev–Trinajstić information content (AvgIpc) is 3.97. The third kappa shape index (κ3) is 7.26. The van der Waals surface area contributed by atoms with E-state index in [0.29, 0.717) is 65.8 Å². The second kappa shape index (κ2) is 14.8. The highest BCUT2D eigenvalue weighted by Gasteiger charge is 2.56. The molecule has 13 heteroatoms. The van der Waals surface area contributed by atoms with E-state index in [4.69, 9.17) is 25.4 Å². The molecule has 1 aromatic heterocycles. The smallest absolute Gasteiger partial charge is 0.240 e. The summed E-state index contributed by atoms with van der Waals surface area (Å²) in [6.07, 6.45) is 12.4. The van der Waals surface area contributed by atoms with E-state index < -0.39 is 28.9 Å². The predicted octanol–water partition coefficient (Wildman–Crippen LogP) is 4.88. The molecule has 0 bridgehead atoms. The van der Waals surface area contributed by atoms with Gasteiger partial charge in [0.2, 0.25) is 23.4 Å². The number of carbonyl (C=O) groups is 2. The minimum Gasteiger partial charge on any atom is -0.489 e. The standard InChI is InChI=1S/C39H41F2N5O6/c1-3-28(41)30(6-4-15-43-36(47)39(12-13-39)37(48)45-27-9-7-26(40)8-10-27)52-31-11-16-42-29-22-32(34-35(33(29)31)51-21-20-50-34)49-19-5-17-46-18-14-38(2)25(24-46)23-44-38/h1,4,6-11,16,22,25,44H,5,12-15,17-21,23-24H2,2H3,(H,43,47)(H,45,48)/b6-4-,30-28-. The van der Waals surface area contributed by atoms with Crippen LogP contribution in [0.4, 0.5) is 14.5 Å². The number of halogens is 2. The molecular weight excluding hydrogens is 672 g/mol. The van der Waals surface area contributed by atoms with E-state index in [1.807, 2.05) is 5.92 Å². The zero-order valence-electron chi connectivity index (χ0n) is 28.9. The first-order valence-corrected chi connectivity index (χ1v) is 17.6. The van der Waals surface area contributed by atoms with Gasteiger partial charge in [0.1, 0.15) is 30.2 Å². The van der Waals surface area contributed by atoms with E-state index in [2.05, 4.69) is 32.8 Å². The van der Waals surface area contributed by atoms with Crippen LogP contribution in [0.5, 0.6) is 23.0 Å². The van der Waals surface area contributed by atoms with E-state index in [0.717, 1.165) is 39.0 Å². The number of nitrogens with zero attached hydrogens (tertiary/aromatic N) is 2. The summed E-state index contributed by atoms with van der Waals surface area (Å²) in [6.45, 7) is 7.55. The minimum atomic E-state index is -1.23. The molecular formula is C39H41F2N5O6. The molecule has 52 heavy (non-hydrogen) atoms. The van der Waals surface area contributed by atoms with E-state index >= 15 is 0 Å². The molecule has 1 saturated carbocycles. The number of pyridine rings is 1. The molecule has 3 aromatic rings. The second-order valence-electron chi connectivity index (χ2n) is 13.8. The molecule has 2 aromatic carbocycles. The fourth-order valence-corrected chi connectivity index (χ4v) is 6.88. The Bertz CT molecular complexity index is 1960. The molecule has 7 rings (SSSR count). The van der Waals surface area contributed by atoms with E-state index in [-0.39, 0.29) is 30.2 Å². The molecule has 3 aliphatic heterocycles. The normalized spacial score (nSPS) is 22.0. The topological polar surface area (TPSA) is 123 Å². The van der Waals surface area contributed by atoms with Crippen molar-refractivity contribution in [1.29, 1.82) is 0 Å². The number of benzene rings is 2. The predicted molar refractivity (Wildman–Crippen MR) is 190 cm³/mol. The molecule has 0 radical (unpaired) electrons. The molecule has 4 heterocycles. The maximum absolute atomic E-state index is 15.0. The van der Waals surface area contributed by atoms with Gasteiger partial charge in [0, 0.05) is 55.6 Å². The lowest BCUT2D eigenvalue weighted by molar-refractivity contribution is -0.134. The number of rotatable bonds is 13. The molecule has 3 fully saturated rings. The lowest BCUT2D eigenvalue weighted by Crippen LogP contribution is -2.69. The number of hydrogen-bond donors (Lipinski definition) is 3. The molecule has 2 amide bonds. The number of anilines is 1. The highest BCUT2D eigenvalue weighted by molar-refractivity contribution is 6.13. The van der Waals surface area contributed by atoms with Gasteiger partial charge in [0.15, 0.2) is 17.3 Å². The Kier molecular flexibility index (Phi) is 10.0. The molecule has 1 aliphatic carbocycles. The van der Waals surface area contributed by atoms with Gasteiger partial charge < -0.3 is 39.8 Å². The number of likely N-dealkylation sites (tertiary alicyclic amines) is 1. The Balaban J connectivity index is 0.997. The first-order chi connectivity index (χ1) is 25.2. The summed E-state index contributed by atoms with van der Waals surface area (Å²) in [5.41, 5.74) is -0.0642. The van der Waals surface area contributed by atoms with Crippen molar-refractivity contribution in [2.45, 2.75) is 38.1 Å². The summed E-state index contributed by atoms with van der Waals surface area (Å²) in [6, 6.07) is 8.61. The Morgan fingerprint density at radius 3 is 2.63 bits per heavy atom. The molecule has 11 nitrogen and oxygen atoms in total. The summed E-state index contributed by atoms with van der Waals surface area (Å²) in [4.78, 5) is 32.8. The van der Waals surface area contributed by atoms with Crippen LogP contribution in [0.1, 0.15) is 32.6 Å². The number of ether oxygens (including phenoxy) is 4. The van der Waals surface area contributed by atoms with Crippen molar-refractivity contribution in [2.75, 3.05) is 57.9 Å². The van der Waals surface area contributed by atoms with Crippen LogP contribution in [0.3, 0.4) is 0 Å². The molecule has 3 N–H and O–H groups in total. The fourth-order valence-electron chi connectivity index (χ4n) is 6.88. The minimum absolute atomic E-state index is 0.0335. The van der Waals surface area contributed by atoms with Gasteiger partial charge >= 0.3 is 0 Å². The van der Waals surface area contributed by atoms with Crippen molar-refractivity contribution in [3.8, 4) is 35.3 Å². The Morgan fingerprint density at radius 1 is 1.13 bits per heavy atom. The van der Waals surface area contributed by atoms with Crippen LogP contribution >= 0.6 is 0 Å². The van der Waals surface area contributed by atoms with Crippen LogP contribution in [0.15, 0.2) is 66.3 Å². The number of allylic oxidation sites excluding steroid dienone is 2. The first-order valence-electron chi connectivity index (χ1n) is 17.6. The van der Waals surface area contributed by atoms with Crippen molar-refractivity contribution in [1.82, 2.24) is 20.5 Å². The van der Waals surface area contributed by atoms with Gasteiger partial charge in [-0.15, -0.1) is 6.42 Å². The van der Waals surface area contributed by atoms with Gasteiger partial charge in [-0.1, -0.05) is 6.08 Å². The number of terminal acetylenes is 1. The Hall–Kier alpha value is -5.19. The summed E-state index contributed by atoms with van der Waals surface area (Å²) < 4.78 is 52.5. The quantitative estimate of drug-likeness (QED) is 0.0748. The first kappa shape index (κ1) is 35.2. The molecule has 2 unspecified atom stereocenters. The number of nitrogens with one attached hydrogen (secondary N) is 3. The van der Waals surface area contributed by atoms with E-state index in [1.165, 1.54) is 42.6 Å². The molecule has 272 valence electrons. The lowest BCUT2D eigenvalue weighted by Gasteiger charge is -2.54. The number of amides is 2. The molecule has 2 saturated heterocycles. The van der Waals surface area contributed by atoms with Crippen molar-refractivity contribution in [3.05, 3.63) is 72.2 Å². The van der Waals surface area contributed by atoms with Gasteiger partial charge in [0.25, 0.3) is 0 Å². The van der Waals surface area contributed by atoms with E-state index in [9.17, 15) is 18.4 Å². The highest BCUT2D eigenvalue weighted by Crippen LogP contribution is 2.49. The molecule has 2 atom stereocenters. The van der Waals surface area contributed by atoms with Gasteiger partial charge in [-0.3, -0.25) is 14.6 Å². The number of aromatic nitrogens is 1. The molecule has 0 spiro atoms. The number of piperidine rings is 1. The maximum atomic E-state index is 15.0. The summed E-state index contributed by atoms with van der Waals surface area (Å²) >= 11 is 0. The van der Waals surface area contributed by atoms with Crippen LogP contribution in [0, 0.1) is 29.5 Å². The fraction of sp³-hybridized carbons (Fsp3) is 0.410. The van der Waals surface area contributed by atoms with Crippen LogP contribution in [0.2, 0.25) is 0 Å². The van der Waals surface area contributed by atoms with Crippen LogP contribution in [0.25, 0.3) is 10.9 Å². The van der Waals surface area contributed by atoms with Crippen molar-refractivity contribution >= 4 is 28.4 Å².